The van der Waals surface area contributed by atoms with Gasteiger partial charge in [0.25, 0.3) is 5.91 Å². The van der Waals surface area contributed by atoms with Gasteiger partial charge in [-0.3, -0.25) is 9.69 Å². The van der Waals surface area contributed by atoms with Crippen molar-refractivity contribution in [2.24, 2.45) is 4.99 Å². The monoisotopic (exact) mass is 398 g/mol. The maximum Gasteiger partial charge on any atom is 0.261 e. The second-order valence-corrected chi connectivity index (χ2v) is 7.22. The molecule has 0 fully saturated rings. The van der Waals surface area contributed by atoms with E-state index in [1.54, 1.807) is 11.9 Å². The molecular formula is C16H19BrN2O3S. The third kappa shape index (κ3) is 3.02. The fourth-order valence-electron chi connectivity index (χ4n) is 3.00. The minimum atomic E-state index is -0.924. The molecule has 0 saturated heterocycles. The largest absolute Gasteiger partial charge is 0.491 e. The molecule has 0 bridgehead atoms. The maximum atomic E-state index is 13.1. The van der Waals surface area contributed by atoms with Gasteiger partial charge in [0.1, 0.15) is 12.4 Å². The first-order chi connectivity index (χ1) is 11.1. The summed E-state index contributed by atoms with van der Waals surface area (Å²) in [5, 5.41) is 0.735. The van der Waals surface area contributed by atoms with Crippen molar-refractivity contribution in [1.29, 1.82) is 0 Å². The maximum absolute atomic E-state index is 13.1. The van der Waals surface area contributed by atoms with E-state index in [0.717, 1.165) is 21.6 Å². The molecule has 0 aromatic heterocycles. The molecule has 1 amide bonds. The highest BCUT2D eigenvalue weighted by Gasteiger charge is 2.49. The lowest BCUT2D eigenvalue weighted by Crippen LogP contribution is -2.39. The minimum Gasteiger partial charge on any atom is -0.491 e. The van der Waals surface area contributed by atoms with E-state index < -0.39 is 5.54 Å². The van der Waals surface area contributed by atoms with Gasteiger partial charge < -0.3 is 9.47 Å². The summed E-state index contributed by atoms with van der Waals surface area (Å²) in [4.78, 5) is 19.5. The van der Waals surface area contributed by atoms with Crippen LogP contribution in [0, 0.1) is 0 Å². The standard InChI is InChI=1S/C16H19BrN2O3S/c1-19-14(20)16(18-15(19)23-2)6-3-7-21-8-9-22-13-5-4-11(17)10-12(13)16/h4-5,10H,3,6-9H2,1-2H3. The molecular weight excluding hydrogens is 380 g/mol. The highest BCUT2D eigenvalue weighted by atomic mass is 79.9. The SMILES string of the molecule is CSC1=NC2(CCCOCCOc3ccc(Br)cc32)C(=O)N1C. The van der Waals surface area contributed by atoms with Crippen molar-refractivity contribution >= 4 is 38.8 Å². The molecule has 0 radical (unpaired) electrons. The number of halogens is 1. The summed E-state index contributed by atoms with van der Waals surface area (Å²) in [6.07, 6.45) is 3.31. The number of fused-ring (bicyclic) bond motifs is 2. The predicted molar refractivity (Wildman–Crippen MR) is 95.1 cm³/mol. The Bertz CT molecular complexity index is 652. The van der Waals surface area contributed by atoms with Gasteiger partial charge in [-0.1, -0.05) is 27.7 Å². The van der Waals surface area contributed by atoms with Crippen molar-refractivity contribution in [3.05, 3.63) is 28.2 Å². The van der Waals surface area contributed by atoms with Crippen molar-refractivity contribution < 1.29 is 14.3 Å². The Hall–Kier alpha value is -1.05. The van der Waals surface area contributed by atoms with Crippen molar-refractivity contribution in [2.75, 3.05) is 33.1 Å². The second kappa shape index (κ2) is 6.83. The highest BCUT2D eigenvalue weighted by molar-refractivity contribution is 9.10. The van der Waals surface area contributed by atoms with Crippen molar-refractivity contribution in [2.45, 2.75) is 18.4 Å². The Morgan fingerprint density at radius 1 is 1.35 bits per heavy atom. The van der Waals surface area contributed by atoms with E-state index in [0.29, 0.717) is 32.0 Å². The summed E-state index contributed by atoms with van der Waals surface area (Å²) in [7, 11) is 1.78. The van der Waals surface area contributed by atoms with Gasteiger partial charge in [0.2, 0.25) is 0 Å². The number of ether oxygens (including phenoxy) is 2. The molecule has 3 rings (SSSR count). The number of hydrogen-bond acceptors (Lipinski definition) is 5. The Kier molecular flexibility index (Phi) is 4.98. The van der Waals surface area contributed by atoms with Crippen LogP contribution >= 0.6 is 27.7 Å². The molecule has 2 aliphatic heterocycles. The van der Waals surface area contributed by atoms with Gasteiger partial charge in [0.15, 0.2) is 10.7 Å². The van der Waals surface area contributed by atoms with Gasteiger partial charge in [-0.2, -0.15) is 0 Å². The Labute approximate surface area is 148 Å². The number of amidine groups is 1. The van der Waals surface area contributed by atoms with Crippen LogP contribution in [0.1, 0.15) is 18.4 Å². The zero-order valence-electron chi connectivity index (χ0n) is 13.2. The van der Waals surface area contributed by atoms with Gasteiger partial charge in [0, 0.05) is 23.7 Å². The van der Waals surface area contributed by atoms with Crippen LogP contribution in [-0.4, -0.2) is 49.1 Å². The third-order valence-electron chi connectivity index (χ3n) is 4.11. The summed E-state index contributed by atoms with van der Waals surface area (Å²) in [6, 6.07) is 5.76. The smallest absolute Gasteiger partial charge is 0.261 e. The predicted octanol–water partition coefficient (Wildman–Crippen LogP) is 3.02. The van der Waals surface area contributed by atoms with E-state index in [4.69, 9.17) is 14.5 Å². The number of nitrogens with zero attached hydrogens (tertiary/aromatic N) is 2. The molecule has 0 N–H and O–H groups in total. The molecule has 1 spiro atoms. The van der Waals surface area contributed by atoms with Crippen molar-refractivity contribution in [3.63, 3.8) is 0 Å². The summed E-state index contributed by atoms with van der Waals surface area (Å²) in [6.45, 7) is 1.62. The summed E-state index contributed by atoms with van der Waals surface area (Å²) in [5.74, 6) is 0.692. The first-order valence-electron chi connectivity index (χ1n) is 7.51. The molecule has 2 aliphatic rings. The molecule has 23 heavy (non-hydrogen) atoms. The zero-order valence-corrected chi connectivity index (χ0v) is 15.6. The van der Waals surface area contributed by atoms with E-state index in [-0.39, 0.29) is 5.91 Å². The van der Waals surface area contributed by atoms with Crippen LogP contribution in [0.25, 0.3) is 0 Å². The average Bonchev–Trinajstić information content (AvgIpc) is 2.80. The summed E-state index contributed by atoms with van der Waals surface area (Å²) in [5.41, 5.74) is -0.0953. The van der Waals surface area contributed by atoms with Crippen LogP contribution in [0.3, 0.4) is 0 Å². The van der Waals surface area contributed by atoms with E-state index >= 15 is 0 Å². The van der Waals surface area contributed by atoms with Crippen LogP contribution in [0.4, 0.5) is 0 Å². The average molecular weight is 399 g/mol. The number of rotatable bonds is 0. The van der Waals surface area contributed by atoms with Crippen LogP contribution in [0.5, 0.6) is 5.75 Å². The summed E-state index contributed by atoms with van der Waals surface area (Å²) < 4.78 is 12.3. The number of likely N-dealkylation sites (N-methyl/N-ethyl adjacent to an activating group) is 1. The lowest BCUT2D eigenvalue weighted by molar-refractivity contribution is -0.131. The molecule has 0 saturated carbocycles. The lowest BCUT2D eigenvalue weighted by atomic mass is 9.84. The Balaban J connectivity index is 2.16. The van der Waals surface area contributed by atoms with E-state index in [9.17, 15) is 4.79 Å². The highest BCUT2D eigenvalue weighted by Crippen LogP contribution is 2.44. The lowest BCUT2D eigenvalue weighted by Gasteiger charge is -2.28. The van der Waals surface area contributed by atoms with E-state index in [1.807, 2.05) is 24.5 Å². The molecule has 1 atom stereocenters. The fraction of sp³-hybridized carbons (Fsp3) is 0.500. The number of aliphatic imine (C=N–C) groups is 1. The topological polar surface area (TPSA) is 51.1 Å². The molecule has 1 aromatic carbocycles. The first-order valence-corrected chi connectivity index (χ1v) is 9.53. The van der Waals surface area contributed by atoms with Crippen LogP contribution in [0.15, 0.2) is 27.7 Å². The Morgan fingerprint density at radius 3 is 2.91 bits per heavy atom. The first kappa shape index (κ1) is 16.8. The second-order valence-electron chi connectivity index (χ2n) is 5.53. The van der Waals surface area contributed by atoms with Crippen LogP contribution in [0.2, 0.25) is 0 Å². The van der Waals surface area contributed by atoms with E-state index in [1.165, 1.54) is 11.8 Å². The van der Waals surface area contributed by atoms with Crippen molar-refractivity contribution in [1.82, 2.24) is 4.90 Å². The van der Waals surface area contributed by atoms with E-state index in [2.05, 4.69) is 15.9 Å². The molecule has 5 nitrogen and oxygen atoms in total. The van der Waals surface area contributed by atoms with Gasteiger partial charge in [-0.25, -0.2) is 4.99 Å². The fourth-order valence-corrected chi connectivity index (χ4v) is 3.96. The van der Waals surface area contributed by atoms with Crippen LogP contribution in [-0.2, 0) is 15.1 Å². The zero-order chi connectivity index (χ0) is 16.4. The Morgan fingerprint density at radius 2 is 2.17 bits per heavy atom. The molecule has 7 heteroatoms. The molecule has 2 heterocycles. The number of carbonyl (C=O) groups excluding carboxylic acids is 1. The number of carbonyl (C=O) groups is 1. The van der Waals surface area contributed by atoms with Gasteiger partial charge >= 0.3 is 0 Å². The molecule has 1 unspecified atom stereocenters. The quantitative estimate of drug-likeness (QED) is 0.673. The third-order valence-corrected chi connectivity index (χ3v) is 5.34. The molecule has 1 aromatic rings. The molecule has 0 aliphatic carbocycles. The minimum absolute atomic E-state index is 0.00891. The van der Waals surface area contributed by atoms with Gasteiger partial charge in [-0.15, -0.1) is 0 Å². The number of benzene rings is 1. The number of thioether (sulfide) groups is 1. The van der Waals surface area contributed by atoms with Gasteiger partial charge in [0.05, 0.1) is 6.61 Å². The van der Waals surface area contributed by atoms with Crippen molar-refractivity contribution in [3.8, 4) is 5.75 Å². The molecule has 124 valence electrons. The van der Waals surface area contributed by atoms with Gasteiger partial charge in [-0.05, 0) is 37.3 Å². The van der Waals surface area contributed by atoms with Crippen LogP contribution < -0.4 is 4.74 Å². The summed E-state index contributed by atoms with van der Waals surface area (Å²) >= 11 is 4.99. The number of hydrogen-bond donors (Lipinski definition) is 0. The number of amides is 1. The normalized spacial score (nSPS) is 25.1.